The zero-order chi connectivity index (χ0) is 22.9. The smallest absolute Gasteiger partial charge is 0.236 e. The Balaban J connectivity index is 1.44. The highest BCUT2D eigenvalue weighted by atomic mass is 35.5. The van der Waals surface area contributed by atoms with Gasteiger partial charge < -0.3 is 9.80 Å². The fraction of sp³-hybridized carbons (Fsp3) is 0.435. The first-order valence-corrected chi connectivity index (χ1v) is 11.5. The topological polar surface area (TPSA) is 83.3 Å². The summed E-state index contributed by atoms with van der Waals surface area (Å²) in [7, 11) is 3.55. The second kappa shape index (κ2) is 9.07. The van der Waals surface area contributed by atoms with Gasteiger partial charge in [-0.15, -0.1) is 10.2 Å². The van der Waals surface area contributed by atoms with E-state index in [1.165, 1.54) is 0 Å². The first-order chi connectivity index (χ1) is 16.0. The number of amides is 1. The maximum absolute atomic E-state index is 12.4. The van der Waals surface area contributed by atoms with Gasteiger partial charge >= 0.3 is 0 Å². The number of piperidine rings is 1. The van der Waals surface area contributed by atoms with E-state index in [4.69, 9.17) is 11.6 Å². The largest absolute Gasteiger partial charge is 0.348 e. The number of halogens is 1. The zero-order valence-electron chi connectivity index (χ0n) is 18.9. The maximum Gasteiger partial charge on any atom is 0.236 e. The third kappa shape index (κ3) is 4.43. The molecule has 3 aromatic rings. The van der Waals surface area contributed by atoms with Crippen molar-refractivity contribution in [3.8, 4) is 5.69 Å². The van der Waals surface area contributed by atoms with Crippen LogP contribution in [0.15, 0.2) is 36.7 Å². The summed E-state index contributed by atoms with van der Waals surface area (Å²) in [6.07, 6.45) is 5.45. The molecule has 1 saturated heterocycles. The molecule has 33 heavy (non-hydrogen) atoms. The molecule has 0 unspecified atom stereocenters. The molecule has 2 aliphatic heterocycles. The van der Waals surface area contributed by atoms with E-state index in [0.717, 1.165) is 54.8 Å². The molecule has 1 fully saturated rings. The van der Waals surface area contributed by atoms with Crippen LogP contribution in [-0.2, 0) is 17.9 Å². The number of fused-ring (bicyclic) bond motifs is 3. The summed E-state index contributed by atoms with van der Waals surface area (Å²) in [5.74, 6) is 2.94. The Bertz CT molecular complexity index is 1140. The van der Waals surface area contributed by atoms with Gasteiger partial charge in [-0.3, -0.25) is 14.3 Å². The van der Waals surface area contributed by atoms with Gasteiger partial charge in [-0.25, -0.2) is 9.97 Å². The minimum absolute atomic E-state index is 0.0577. The summed E-state index contributed by atoms with van der Waals surface area (Å²) in [5.41, 5.74) is 2.12. The number of hydrogen-bond acceptors (Lipinski definition) is 7. The highest BCUT2D eigenvalue weighted by Gasteiger charge is 2.31. The highest BCUT2D eigenvalue weighted by molar-refractivity contribution is 6.30. The molecule has 0 atom stereocenters. The molecule has 172 valence electrons. The lowest BCUT2D eigenvalue weighted by atomic mass is 9.95. The van der Waals surface area contributed by atoms with Crippen LogP contribution < -0.4 is 4.90 Å². The number of anilines is 1. The molecule has 5 rings (SSSR count). The van der Waals surface area contributed by atoms with Crippen LogP contribution in [0.4, 0.5) is 5.95 Å². The lowest BCUT2D eigenvalue weighted by Crippen LogP contribution is -2.35. The van der Waals surface area contributed by atoms with Gasteiger partial charge in [0.15, 0.2) is 5.82 Å². The average molecular weight is 467 g/mol. The molecule has 0 spiro atoms. The number of likely N-dealkylation sites (N-methyl/N-ethyl adjacent to an activating group) is 1. The Kier molecular flexibility index (Phi) is 5.99. The molecule has 0 radical (unpaired) electrons. The van der Waals surface area contributed by atoms with E-state index in [1.807, 2.05) is 24.3 Å². The van der Waals surface area contributed by atoms with Crippen LogP contribution in [0.1, 0.15) is 36.0 Å². The third-order valence-corrected chi connectivity index (χ3v) is 6.58. The van der Waals surface area contributed by atoms with Crippen molar-refractivity contribution >= 4 is 23.5 Å². The number of carbonyl (C=O) groups excluding carboxylic acids is 1. The van der Waals surface area contributed by atoms with E-state index in [2.05, 4.69) is 34.5 Å². The van der Waals surface area contributed by atoms with E-state index in [1.54, 1.807) is 31.4 Å². The molecule has 0 aliphatic carbocycles. The second-order valence-corrected chi connectivity index (χ2v) is 9.26. The van der Waals surface area contributed by atoms with Crippen molar-refractivity contribution in [2.75, 3.05) is 38.6 Å². The van der Waals surface area contributed by atoms with Crippen molar-refractivity contribution in [1.29, 1.82) is 0 Å². The van der Waals surface area contributed by atoms with Crippen molar-refractivity contribution in [3.05, 3.63) is 58.9 Å². The number of aromatic nitrogens is 5. The molecule has 0 saturated carbocycles. The van der Waals surface area contributed by atoms with Crippen molar-refractivity contribution in [3.63, 3.8) is 0 Å². The van der Waals surface area contributed by atoms with Gasteiger partial charge in [0.1, 0.15) is 5.82 Å². The van der Waals surface area contributed by atoms with Crippen molar-refractivity contribution in [2.24, 2.45) is 0 Å². The quantitative estimate of drug-likeness (QED) is 0.584. The molecular weight excluding hydrogens is 440 g/mol. The van der Waals surface area contributed by atoms with E-state index >= 15 is 0 Å². The predicted molar refractivity (Wildman–Crippen MR) is 125 cm³/mol. The molecule has 4 heterocycles. The molecule has 0 bridgehead atoms. The minimum Gasteiger partial charge on any atom is -0.348 e. The Hall–Kier alpha value is -3.04. The highest BCUT2D eigenvalue weighted by Crippen LogP contribution is 2.34. The fourth-order valence-electron chi connectivity index (χ4n) is 4.59. The van der Waals surface area contributed by atoms with Gasteiger partial charge in [-0.1, -0.05) is 11.6 Å². The van der Waals surface area contributed by atoms with Gasteiger partial charge in [0.2, 0.25) is 11.9 Å². The monoisotopic (exact) mass is 466 g/mol. The van der Waals surface area contributed by atoms with Crippen LogP contribution in [0.25, 0.3) is 5.69 Å². The van der Waals surface area contributed by atoms with Crippen LogP contribution in [0.3, 0.4) is 0 Å². The van der Waals surface area contributed by atoms with Crippen LogP contribution >= 0.6 is 11.6 Å². The molecule has 1 amide bonds. The zero-order valence-corrected chi connectivity index (χ0v) is 19.6. The molecule has 1 aromatic carbocycles. The standard InChI is InChI=1S/C23H27ClN8O/c1-29(2)21(33)15-30-13-17-12-18(24)4-5-19(17)32-20(14-30)27-28-22(32)16-6-10-31(11-7-16)23-25-8-3-9-26-23/h3-5,8-9,12,16H,6-7,10-11,13-15H2,1-2H3. The average Bonchev–Trinajstić information content (AvgIpc) is 3.16. The Morgan fingerprint density at radius 1 is 1.12 bits per heavy atom. The molecule has 10 heteroatoms. The Labute approximate surface area is 198 Å². The van der Waals surface area contributed by atoms with Crippen LogP contribution in [0, 0.1) is 0 Å². The van der Waals surface area contributed by atoms with Crippen molar-refractivity contribution in [1.82, 2.24) is 34.5 Å². The van der Waals surface area contributed by atoms with Crippen LogP contribution in [-0.4, -0.2) is 74.2 Å². The van der Waals surface area contributed by atoms with Crippen LogP contribution in [0.2, 0.25) is 5.02 Å². The van der Waals surface area contributed by atoms with Gasteiger partial charge in [-0.2, -0.15) is 0 Å². The lowest BCUT2D eigenvalue weighted by Gasteiger charge is -2.31. The van der Waals surface area contributed by atoms with E-state index in [9.17, 15) is 4.79 Å². The summed E-state index contributed by atoms with van der Waals surface area (Å²) in [4.78, 5) is 27.1. The van der Waals surface area contributed by atoms with Gasteiger partial charge in [0, 0.05) is 57.1 Å². The second-order valence-electron chi connectivity index (χ2n) is 8.83. The van der Waals surface area contributed by atoms with E-state index in [0.29, 0.717) is 24.7 Å². The summed E-state index contributed by atoms with van der Waals surface area (Å²) in [6, 6.07) is 7.77. The first kappa shape index (κ1) is 21.8. The van der Waals surface area contributed by atoms with Gasteiger partial charge in [0.25, 0.3) is 0 Å². The molecular formula is C23H27ClN8O. The summed E-state index contributed by atoms with van der Waals surface area (Å²) in [5, 5.41) is 9.89. The number of carbonyl (C=O) groups is 1. The maximum atomic E-state index is 12.4. The SMILES string of the molecule is CN(C)C(=O)CN1Cc2cc(Cl)ccc2-n2c(nnc2C2CCN(c3ncccn3)CC2)C1. The Morgan fingerprint density at radius 3 is 2.61 bits per heavy atom. The number of nitrogens with zero attached hydrogens (tertiary/aromatic N) is 8. The predicted octanol–water partition coefficient (Wildman–Crippen LogP) is 2.50. The third-order valence-electron chi connectivity index (χ3n) is 6.35. The normalized spacial score (nSPS) is 16.8. The number of hydrogen-bond donors (Lipinski definition) is 0. The fourth-order valence-corrected chi connectivity index (χ4v) is 4.79. The molecule has 0 N–H and O–H groups in total. The first-order valence-electron chi connectivity index (χ1n) is 11.2. The lowest BCUT2D eigenvalue weighted by molar-refractivity contribution is -0.130. The summed E-state index contributed by atoms with van der Waals surface area (Å²) in [6.45, 7) is 3.23. The minimum atomic E-state index is 0.0577. The van der Waals surface area contributed by atoms with Crippen LogP contribution in [0.5, 0.6) is 0 Å². The summed E-state index contributed by atoms with van der Waals surface area (Å²) < 4.78 is 2.19. The van der Waals surface area contributed by atoms with E-state index in [-0.39, 0.29) is 11.8 Å². The van der Waals surface area contributed by atoms with Gasteiger partial charge in [-0.05, 0) is 42.7 Å². The molecule has 9 nitrogen and oxygen atoms in total. The van der Waals surface area contributed by atoms with E-state index < -0.39 is 0 Å². The van der Waals surface area contributed by atoms with Crippen molar-refractivity contribution < 1.29 is 4.79 Å². The Morgan fingerprint density at radius 2 is 1.88 bits per heavy atom. The molecule has 2 aromatic heterocycles. The number of benzene rings is 1. The van der Waals surface area contributed by atoms with Crippen molar-refractivity contribution in [2.45, 2.75) is 31.8 Å². The summed E-state index contributed by atoms with van der Waals surface area (Å²) >= 11 is 6.35. The number of rotatable bonds is 4. The molecule has 2 aliphatic rings. The van der Waals surface area contributed by atoms with Gasteiger partial charge in [0.05, 0.1) is 18.8 Å².